The number of benzene rings is 1. The molecule has 1 aromatic rings. The molecule has 1 aliphatic rings. The summed E-state index contributed by atoms with van der Waals surface area (Å²) < 4.78 is 15.9. The third-order valence-electron chi connectivity index (χ3n) is 2.84. The topological polar surface area (TPSA) is 52.1 Å². The summed E-state index contributed by atoms with van der Waals surface area (Å²) in [6.45, 7) is 2.88. The lowest BCUT2D eigenvalue weighted by Gasteiger charge is -2.14. The molecule has 0 amide bonds. The van der Waals surface area contributed by atoms with E-state index in [1.165, 1.54) is 0 Å². The number of nitrogens with zero attached hydrogens (tertiary/aromatic N) is 1. The van der Waals surface area contributed by atoms with Gasteiger partial charge in [-0.1, -0.05) is 0 Å². The summed E-state index contributed by atoms with van der Waals surface area (Å²) in [7, 11) is 4.80. The minimum Gasteiger partial charge on any atom is -0.493 e. The Bertz CT molecular complexity index is 446. The quantitative estimate of drug-likeness (QED) is 0.878. The Hall–Kier alpha value is -1.91. The maximum atomic E-state index is 5.32. The largest absolute Gasteiger partial charge is 0.493 e. The van der Waals surface area contributed by atoms with Gasteiger partial charge < -0.3 is 19.5 Å². The van der Waals surface area contributed by atoms with Crippen LogP contribution in [0.2, 0.25) is 0 Å². The Labute approximate surface area is 107 Å². The van der Waals surface area contributed by atoms with E-state index in [0.717, 1.165) is 17.9 Å². The van der Waals surface area contributed by atoms with Crippen molar-refractivity contribution in [3.05, 3.63) is 17.7 Å². The lowest BCUT2D eigenvalue weighted by molar-refractivity contribution is 0.324. The van der Waals surface area contributed by atoms with Gasteiger partial charge in [0.05, 0.1) is 27.9 Å². The van der Waals surface area contributed by atoms with Crippen LogP contribution in [-0.4, -0.2) is 39.8 Å². The van der Waals surface area contributed by atoms with E-state index in [-0.39, 0.29) is 0 Å². The molecule has 1 unspecified atom stereocenters. The molecule has 1 aliphatic heterocycles. The highest BCUT2D eigenvalue weighted by Gasteiger charge is 2.19. The predicted octanol–water partition coefficient (Wildman–Crippen LogP) is 1.45. The number of aliphatic imine (C=N–C) groups is 1. The van der Waals surface area contributed by atoms with Gasteiger partial charge in [-0.2, -0.15) is 0 Å². The SMILES string of the molecule is COc1cc(C2=NCC(C)N2)cc(OC)c1OC. The van der Waals surface area contributed by atoms with Crippen molar-refractivity contribution in [2.75, 3.05) is 27.9 Å². The van der Waals surface area contributed by atoms with E-state index in [9.17, 15) is 0 Å². The van der Waals surface area contributed by atoms with Crippen molar-refractivity contribution in [3.63, 3.8) is 0 Å². The summed E-state index contributed by atoms with van der Waals surface area (Å²) in [5, 5.41) is 3.31. The maximum absolute atomic E-state index is 5.32. The molecule has 0 aromatic heterocycles. The average molecular weight is 250 g/mol. The molecule has 1 N–H and O–H groups in total. The number of ether oxygens (including phenoxy) is 3. The number of rotatable bonds is 4. The van der Waals surface area contributed by atoms with Crippen LogP contribution in [0.25, 0.3) is 0 Å². The second-order valence-corrected chi connectivity index (χ2v) is 4.15. The number of hydrogen-bond donors (Lipinski definition) is 1. The first-order valence-corrected chi connectivity index (χ1v) is 5.81. The fraction of sp³-hybridized carbons (Fsp3) is 0.462. The van der Waals surface area contributed by atoms with Crippen molar-refractivity contribution in [2.24, 2.45) is 4.99 Å². The Morgan fingerprint density at radius 1 is 1.11 bits per heavy atom. The second-order valence-electron chi connectivity index (χ2n) is 4.15. The van der Waals surface area contributed by atoms with Gasteiger partial charge in [-0.25, -0.2) is 0 Å². The zero-order valence-electron chi connectivity index (χ0n) is 11.1. The Morgan fingerprint density at radius 2 is 1.72 bits per heavy atom. The zero-order chi connectivity index (χ0) is 13.1. The molecule has 1 atom stereocenters. The third kappa shape index (κ3) is 2.20. The summed E-state index contributed by atoms with van der Waals surface area (Å²) in [6, 6.07) is 4.15. The van der Waals surface area contributed by atoms with Gasteiger partial charge in [0.25, 0.3) is 0 Å². The van der Waals surface area contributed by atoms with E-state index in [2.05, 4.69) is 17.2 Å². The zero-order valence-corrected chi connectivity index (χ0v) is 11.1. The molecule has 0 fully saturated rings. The van der Waals surface area contributed by atoms with Crippen LogP contribution in [0.1, 0.15) is 12.5 Å². The minimum absolute atomic E-state index is 0.360. The molecule has 18 heavy (non-hydrogen) atoms. The van der Waals surface area contributed by atoms with Crippen LogP contribution in [0.4, 0.5) is 0 Å². The van der Waals surface area contributed by atoms with Crippen LogP contribution < -0.4 is 19.5 Å². The normalized spacial score (nSPS) is 18.0. The van der Waals surface area contributed by atoms with Gasteiger partial charge in [-0.15, -0.1) is 0 Å². The molecule has 5 heteroatoms. The van der Waals surface area contributed by atoms with Crippen molar-refractivity contribution in [1.29, 1.82) is 0 Å². The molecule has 1 heterocycles. The van der Waals surface area contributed by atoms with Crippen LogP contribution in [0.5, 0.6) is 17.2 Å². The molecule has 5 nitrogen and oxygen atoms in total. The van der Waals surface area contributed by atoms with Gasteiger partial charge in [-0.3, -0.25) is 4.99 Å². The van der Waals surface area contributed by atoms with Crippen molar-refractivity contribution in [1.82, 2.24) is 5.32 Å². The molecule has 0 aliphatic carbocycles. The van der Waals surface area contributed by atoms with Crippen molar-refractivity contribution in [2.45, 2.75) is 13.0 Å². The first kappa shape index (κ1) is 12.5. The van der Waals surface area contributed by atoms with Crippen LogP contribution in [0.3, 0.4) is 0 Å². The van der Waals surface area contributed by atoms with E-state index in [4.69, 9.17) is 14.2 Å². The van der Waals surface area contributed by atoms with E-state index >= 15 is 0 Å². The summed E-state index contributed by atoms with van der Waals surface area (Å²) in [5.74, 6) is 2.73. The van der Waals surface area contributed by atoms with Gasteiger partial charge >= 0.3 is 0 Å². The smallest absolute Gasteiger partial charge is 0.203 e. The number of hydrogen-bond acceptors (Lipinski definition) is 5. The second kappa shape index (κ2) is 5.16. The predicted molar refractivity (Wildman–Crippen MR) is 70.1 cm³/mol. The minimum atomic E-state index is 0.360. The molecule has 0 bridgehead atoms. The highest BCUT2D eigenvalue weighted by molar-refractivity contribution is 6.01. The Balaban J connectivity index is 2.44. The van der Waals surface area contributed by atoms with Gasteiger partial charge in [0.15, 0.2) is 11.5 Å². The molecule has 0 spiro atoms. The standard InChI is InChI=1S/C13H18N2O3/c1-8-7-14-13(15-8)9-5-10(16-2)12(18-4)11(6-9)17-3/h5-6,8H,7H2,1-4H3,(H,14,15). The third-order valence-corrected chi connectivity index (χ3v) is 2.84. The van der Waals surface area contributed by atoms with Gasteiger partial charge in [0.2, 0.25) is 5.75 Å². The van der Waals surface area contributed by atoms with Gasteiger partial charge in [-0.05, 0) is 19.1 Å². The van der Waals surface area contributed by atoms with Gasteiger partial charge in [0, 0.05) is 11.6 Å². The van der Waals surface area contributed by atoms with Crippen LogP contribution in [0, 0.1) is 0 Å². The van der Waals surface area contributed by atoms with E-state index in [1.807, 2.05) is 12.1 Å². The van der Waals surface area contributed by atoms with E-state index in [1.54, 1.807) is 21.3 Å². The summed E-state index contributed by atoms with van der Waals surface area (Å²) in [4.78, 5) is 4.45. The van der Waals surface area contributed by atoms with Crippen LogP contribution in [-0.2, 0) is 0 Å². The summed E-state index contributed by atoms with van der Waals surface area (Å²) in [5.41, 5.74) is 0.939. The molecular formula is C13H18N2O3. The number of methoxy groups -OCH3 is 3. The molecule has 98 valence electrons. The fourth-order valence-corrected chi connectivity index (χ4v) is 1.95. The monoisotopic (exact) mass is 250 g/mol. The molecule has 0 saturated carbocycles. The molecule has 1 aromatic carbocycles. The average Bonchev–Trinajstić information content (AvgIpc) is 2.83. The van der Waals surface area contributed by atoms with Crippen LogP contribution >= 0.6 is 0 Å². The molecule has 0 saturated heterocycles. The number of nitrogens with one attached hydrogen (secondary N) is 1. The summed E-state index contributed by atoms with van der Waals surface area (Å²) >= 11 is 0. The number of amidine groups is 1. The van der Waals surface area contributed by atoms with Crippen molar-refractivity contribution in [3.8, 4) is 17.2 Å². The van der Waals surface area contributed by atoms with Crippen molar-refractivity contribution >= 4 is 5.84 Å². The highest BCUT2D eigenvalue weighted by Crippen LogP contribution is 2.38. The maximum Gasteiger partial charge on any atom is 0.203 e. The van der Waals surface area contributed by atoms with Gasteiger partial charge in [0.1, 0.15) is 5.84 Å². The molecule has 0 radical (unpaired) electrons. The van der Waals surface area contributed by atoms with Crippen molar-refractivity contribution < 1.29 is 14.2 Å². The Morgan fingerprint density at radius 3 is 2.11 bits per heavy atom. The fourth-order valence-electron chi connectivity index (χ4n) is 1.95. The highest BCUT2D eigenvalue weighted by atomic mass is 16.5. The van der Waals surface area contributed by atoms with Crippen LogP contribution in [0.15, 0.2) is 17.1 Å². The first-order valence-electron chi connectivity index (χ1n) is 5.81. The lowest BCUT2D eigenvalue weighted by atomic mass is 10.1. The van der Waals surface area contributed by atoms with E-state index < -0.39 is 0 Å². The Kier molecular flexibility index (Phi) is 3.60. The van der Waals surface area contributed by atoms with E-state index in [0.29, 0.717) is 23.3 Å². The first-order chi connectivity index (χ1) is 8.69. The molecular weight excluding hydrogens is 232 g/mol. The lowest BCUT2D eigenvalue weighted by Crippen LogP contribution is -2.27. The molecule has 2 rings (SSSR count). The summed E-state index contributed by atoms with van der Waals surface area (Å²) in [6.07, 6.45) is 0.